The van der Waals surface area contributed by atoms with Crippen molar-refractivity contribution in [1.29, 1.82) is 5.26 Å². The lowest BCUT2D eigenvalue weighted by molar-refractivity contribution is 0.569. The molecule has 4 rings (SSSR count). The number of nitrogens with zero attached hydrogens (tertiary/aromatic N) is 4. The van der Waals surface area contributed by atoms with Crippen LogP contribution >= 0.6 is 0 Å². The van der Waals surface area contributed by atoms with Crippen molar-refractivity contribution in [3.05, 3.63) is 41.7 Å². The Hall–Kier alpha value is -2.76. The molecule has 0 unspecified atom stereocenters. The predicted molar refractivity (Wildman–Crippen MR) is 111 cm³/mol. The lowest BCUT2D eigenvalue weighted by Gasteiger charge is -2.11. The summed E-state index contributed by atoms with van der Waals surface area (Å²) < 4.78 is 29.4. The van der Waals surface area contributed by atoms with Crippen molar-refractivity contribution in [3.63, 3.8) is 0 Å². The van der Waals surface area contributed by atoms with Crippen LogP contribution in [0.1, 0.15) is 37.8 Å². The Morgan fingerprint density at radius 2 is 1.97 bits per heavy atom. The zero-order valence-electron chi connectivity index (χ0n) is 16.7. The van der Waals surface area contributed by atoms with E-state index in [0.717, 1.165) is 23.0 Å². The van der Waals surface area contributed by atoms with Gasteiger partial charge in [-0.3, -0.25) is 0 Å². The molecule has 0 saturated heterocycles. The molecule has 1 fully saturated rings. The van der Waals surface area contributed by atoms with E-state index >= 15 is 0 Å². The van der Waals surface area contributed by atoms with E-state index in [9.17, 15) is 13.7 Å². The molecule has 1 aliphatic rings. The molecule has 0 bridgehead atoms. The zero-order chi connectivity index (χ0) is 20.8. The summed E-state index contributed by atoms with van der Waals surface area (Å²) in [6, 6.07) is 8.16. The first-order chi connectivity index (χ1) is 13.8. The minimum absolute atomic E-state index is 0.00848. The molecule has 1 saturated carbocycles. The summed E-state index contributed by atoms with van der Waals surface area (Å²) in [6.45, 7) is 6.31. The van der Waals surface area contributed by atoms with Crippen LogP contribution in [0.25, 0.3) is 22.4 Å². The summed E-state index contributed by atoms with van der Waals surface area (Å²) in [7, 11) is -3.67. The van der Waals surface area contributed by atoms with Crippen molar-refractivity contribution in [3.8, 4) is 17.6 Å². The largest absolute Gasteiger partial charge is 0.336 e. The first-order valence-corrected chi connectivity index (χ1v) is 11.2. The number of hydrogen-bond donors (Lipinski definition) is 1. The Labute approximate surface area is 170 Å². The highest BCUT2D eigenvalue weighted by Crippen LogP contribution is 2.37. The van der Waals surface area contributed by atoms with Gasteiger partial charge >= 0.3 is 0 Å². The van der Waals surface area contributed by atoms with E-state index in [1.807, 2.05) is 25.1 Å². The summed E-state index contributed by atoms with van der Waals surface area (Å²) in [4.78, 5) is 8.68. The first-order valence-electron chi connectivity index (χ1n) is 9.68. The summed E-state index contributed by atoms with van der Waals surface area (Å²) in [5.74, 6) is 0.951. The fraction of sp³-hybridized carbons (Fsp3) is 0.381. The van der Waals surface area contributed by atoms with Gasteiger partial charge in [0.15, 0.2) is 5.82 Å². The Morgan fingerprint density at radius 1 is 1.28 bits per heavy atom. The molecule has 1 aliphatic carbocycles. The van der Waals surface area contributed by atoms with Crippen molar-refractivity contribution in [2.75, 3.05) is 0 Å². The maximum atomic E-state index is 12.4. The topological polar surface area (TPSA) is 101 Å². The van der Waals surface area contributed by atoms with E-state index in [0.29, 0.717) is 23.0 Å². The van der Waals surface area contributed by atoms with Crippen LogP contribution in [0.5, 0.6) is 0 Å². The molecule has 1 N–H and O–H groups in total. The van der Waals surface area contributed by atoms with Gasteiger partial charge in [0.2, 0.25) is 10.0 Å². The van der Waals surface area contributed by atoms with Crippen molar-refractivity contribution in [2.45, 2.75) is 51.1 Å². The molecule has 0 radical (unpaired) electrons. The number of aromatic nitrogens is 3. The van der Waals surface area contributed by atoms with Gasteiger partial charge in [0.05, 0.1) is 18.0 Å². The van der Waals surface area contributed by atoms with E-state index < -0.39 is 10.0 Å². The quantitative estimate of drug-likeness (QED) is 0.673. The maximum absolute atomic E-state index is 12.4. The van der Waals surface area contributed by atoms with Gasteiger partial charge in [-0.15, -0.1) is 0 Å². The van der Waals surface area contributed by atoms with Crippen LogP contribution in [0.15, 0.2) is 35.5 Å². The van der Waals surface area contributed by atoms with Gasteiger partial charge in [0.25, 0.3) is 0 Å². The second-order valence-electron chi connectivity index (χ2n) is 7.93. The molecule has 2 aromatic heterocycles. The van der Waals surface area contributed by atoms with Gasteiger partial charge in [-0.1, -0.05) is 11.6 Å². The number of sulfonamides is 1. The van der Waals surface area contributed by atoms with E-state index in [2.05, 4.69) is 25.3 Å². The Balaban J connectivity index is 1.86. The molecule has 3 aromatic rings. The van der Waals surface area contributed by atoms with Crippen LogP contribution in [0, 0.1) is 24.2 Å². The smallest absolute Gasteiger partial charge is 0.243 e. The molecular formula is C21H23N5O2S. The second kappa shape index (κ2) is 7.25. The lowest BCUT2D eigenvalue weighted by Crippen LogP contribution is -2.30. The van der Waals surface area contributed by atoms with Gasteiger partial charge in [0, 0.05) is 23.5 Å². The molecular weight excluding hydrogens is 386 g/mol. The van der Waals surface area contributed by atoms with Crippen LogP contribution < -0.4 is 4.72 Å². The van der Waals surface area contributed by atoms with Gasteiger partial charge < -0.3 is 4.57 Å². The molecule has 0 spiro atoms. The molecule has 29 heavy (non-hydrogen) atoms. The maximum Gasteiger partial charge on any atom is 0.243 e. The highest BCUT2D eigenvalue weighted by Gasteiger charge is 2.27. The number of rotatable bonds is 6. The lowest BCUT2D eigenvalue weighted by atomic mass is 10.1. The average molecular weight is 410 g/mol. The molecule has 8 heteroatoms. The fourth-order valence-corrected chi connectivity index (χ4v) is 4.66. The minimum Gasteiger partial charge on any atom is -0.336 e. The molecule has 7 nitrogen and oxygen atoms in total. The number of hydrogen-bond acceptors (Lipinski definition) is 5. The Kier molecular flexibility index (Phi) is 4.89. The number of nitriles is 1. The molecule has 150 valence electrons. The van der Waals surface area contributed by atoms with Crippen molar-refractivity contribution >= 4 is 20.9 Å². The van der Waals surface area contributed by atoms with Gasteiger partial charge in [-0.2, -0.15) is 5.26 Å². The average Bonchev–Trinajstić information content (AvgIpc) is 3.42. The minimum atomic E-state index is -3.67. The van der Waals surface area contributed by atoms with Gasteiger partial charge in [-0.05, 0) is 51.7 Å². The third kappa shape index (κ3) is 3.76. The monoisotopic (exact) mass is 409 g/mol. The van der Waals surface area contributed by atoms with Crippen LogP contribution in [-0.2, 0) is 16.6 Å². The second-order valence-corrected chi connectivity index (χ2v) is 9.64. The number of nitrogens with one attached hydrogen (secondary N) is 1. The predicted octanol–water partition coefficient (Wildman–Crippen LogP) is 3.38. The van der Waals surface area contributed by atoms with E-state index in [-0.39, 0.29) is 10.9 Å². The summed E-state index contributed by atoms with van der Waals surface area (Å²) in [5, 5.41) is 10.8. The number of fused-ring (bicyclic) bond motifs is 1. The molecule has 1 aromatic carbocycles. The van der Waals surface area contributed by atoms with Crippen molar-refractivity contribution < 1.29 is 8.42 Å². The fourth-order valence-electron chi connectivity index (χ4n) is 3.52. The van der Waals surface area contributed by atoms with E-state index in [1.54, 1.807) is 13.8 Å². The first kappa shape index (κ1) is 19.6. The number of aryl methyl sites for hydroxylation is 1. The Morgan fingerprint density at radius 3 is 2.55 bits per heavy atom. The highest BCUT2D eigenvalue weighted by molar-refractivity contribution is 7.89. The van der Waals surface area contributed by atoms with Crippen LogP contribution in [-0.4, -0.2) is 29.0 Å². The van der Waals surface area contributed by atoms with Crippen LogP contribution in [0.3, 0.4) is 0 Å². The molecule has 0 atom stereocenters. The molecule has 0 amide bonds. The normalized spacial score (nSPS) is 14.4. The third-order valence-electron chi connectivity index (χ3n) is 5.01. The summed E-state index contributed by atoms with van der Waals surface area (Å²) in [5.41, 5.74) is 3.24. The summed E-state index contributed by atoms with van der Waals surface area (Å²) >= 11 is 0. The van der Waals surface area contributed by atoms with E-state index in [4.69, 9.17) is 0 Å². The Bertz CT molecular complexity index is 1220. The third-order valence-corrected chi connectivity index (χ3v) is 6.62. The zero-order valence-corrected chi connectivity index (χ0v) is 17.5. The van der Waals surface area contributed by atoms with E-state index in [1.165, 1.54) is 25.2 Å². The number of benzene rings is 1. The van der Waals surface area contributed by atoms with Crippen LogP contribution in [0.4, 0.5) is 0 Å². The van der Waals surface area contributed by atoms with Crippen LogP contribution in [0.2, 0.25) is 0 Å². The SMILES string of the molecule is Cc1ccc2c(c1)c(C#N)c(-c1ncc(S(=O)(=O)NC(C)C)cn1)n2CC1CC1. The standard InChI is InChI=1S/C21H23N5O2S/c1-13(2)25-29(27,28)16-10-23-21(24-11-16)20-18(9-22)17-8-14(3)4-7-19(17)26(20)12-15-5-6-15/h4,7-8,10-11,13,15,25H,5-6,12H2,1-3H3. The van der Waals surface area contributed by atoms with Crippen molar-refractivity contribution in [2.24, 2.45) is 5.92 Å². The highest BCUT2D eigenvalue weighted by atomic mass is 32.2. The van der Waals surface area contributed by atoms with Gasteiger partial charge in [0.1, 0.15) is 16.7 Å². The van der Waals surface area contributed by atoms with Gasteiger partial charge in [-0.25, -0.2) is 23.1 Å². The molecule has 0 aliphatic heterocycles. The summed E-state index contributed by atoms with van der Waals surface area (Å²) in [6.07, 6.45) is 4.95. The molecule has 2 heterocycles. The van der Waals surface area contributed by atoms with Crippen molar-refractivity contribution in [1.82, 2.24) is 19.3 Å².